The maximum Gasteiger partial charge on any atom is 0.332 e. The van der Waals surface area contributed by atoms with Crippen LogP contribution < -0.4 is 29.0 Å². The molecule has 2 aromatic heterocycles. The van der Waals surface area contributed by atoms with E-state index in [9.17, 15) is 14.7 Å². The zero-order valence-electron chi connectivity index (χ0n) is 17.2. The molecule has 8 nitrogen and oxygen atoms in total. The SMILES string of the molecule is Cc1ccc(CC(C)[NH2+]CC(O)Cn2cnc3c2c(=O)n(C)c(=O)n3C)cc1.[Cl-]. The first kappa shape index (κ1) is 22.9. The van der Waals surface area contributed by atoms with Crippen LogP contribution in [0.25, 0.3) is 11.2 Å². The molecule has 3 aromatic rings. The van der Waals surface area contributed by atoms with E-state index in [0.29, 0.717) is 23.8 Å². The van der Waals surface area contributed by atoms with Gasteiger partial charge >= 0.3 is 5.69 Å². The van der Waals surface area contributed by atoms with Gasteiger partial charge in [0, 0.05) is 20.5 Å². The number of nitrogens with two attached hydrogens (primary N) is 1. The Kier molecular flexibility index (Phi) is 7.40. The largest absolute Gasteiger partial charge is 1.00 e. The van der Waals surface area contributed by atoms with E-state index >= 15 is 0 Å². The first-order chi connectivity index (χ1) is 13.3. The number of quaternary nitrogens is 1. The highest BCUT2D eigenvalue weighted by Gasteiger charge is 2.17. The quantitative estimate of drug-likeness (QED) is 0.410. The van der Waals surface area contributed by atoms with E-state index in [1.54, 1.807) is 11.6 Å². The third-order valence-electron chi connectivity index (χ3n) is 5.11. The van der Waals surface area contributed by atoms with Crippen molar-refractivity contribution in [3.8, 4) is 0 Å². The fourth-order valence-corrected chi connectivity index (χ4v) is 3.41. The highest BCUT2D eigenvalue weighted by atomic mass is 35.5. The molecule has 0 amide bonds. The van der Waals surface area contributed by atoms with Crippen molar-refractivity contribution in [2.75, 3.05) is 6.54 Å². The van der Waals surface area contributed by atoms with Gasteiger partial charge in [0.25, 0.3) is 5.56 Å². The Labute approximate surface area is 175 Å². The Hall–Kier alpha value is -2.42. The summed E-state index contributed by atoms with van der Waals surface area (Å²) >= 11 is 0. The molecule has 2 unspecified atom stereocenters. The second kappa shape index (κ2) is 9.39. The minimum Gasteiger partial charge on any atom is -1.00 e. The van der Waals surface area contributed by atoms with Crippen LogP contribution in [0.3, 0.4) is 0 Å². The number of fused-ring (bicyclic) bond motifs is 1. The topological polar surface area (TPSA) is 98.7 Å². The van der Waals surface area contributed by atoms with Crippen LogP contribution in [0.2, 0.25) is 0 Å². The fourth-order valence-electron chi connectivity index (χ4n) is 3.41. The number of halogens is 1. The van der Waals surface area contributed by atoms with Gasteiger partial charge in [0.1, 0.15) is 12.6 Å². The van der Waals surface area contributed by atoms with Crippen LogP contribution in [0.5, 0.6) is 0 Å². The normalized spacial score (nSPS) is 13.3. The number of aryl methyl sites for hydroxylation is 2. The molecular formula is C20H28ClN5O3. The molecule has 0 fully saturated rings. The number of rotatable bonds is 7. The molecular weight excluding hydrogens is 394 g/mol. The second-order valence-corrected chi connectivity index (χ2v) is 7.57. The smallest absolute Gasteiger partial charge is 0.332 e. The number of aliphatic hydroxyl groups is 1. The maximum atomic E-state index is 12.5. The van der Waals surface area contributed by atoms with E-state index in [0.717, 1.165) is 11.0 Å². The van der Waals surface area contributed by atoms with Crippen molar-refractivity contribution in [2.24, 2.45) is 14.1 Å². The molecule has 0 aliphatic carbocycles. The molecule has 0 spiro atoms. The summed E-state index contributed by atoms with van der Waals surface area (Å²) in [5, 5.41) is 12.6. The molecule has 1 aromatic carbocycles. The van der Waals surface area contributed by atoms with Crippen LogP contribution in [-0.2, 0) is 27.1 Å². The lowest BCUT2D eigenvalue weighted by Gasteiger charge is -2.15. The molecule has 9 heteroatoms. The molecule has 2 atom stereocenters. The Morgan fingerprint density at radius 3 is 2.45 bits per heavy atom. The average molecular weight is 422 g/mol. The van der Waals surface area contributed by atoms with Crippen LogP contribution >= 0.6 is 0 Å². The molecule has 0 saturated carbocycles. The highest BCUT2D eigenvalue weighted by molar-refractivity contribution is 5.69. The predicted octanol–water partition coefficient (Wildman–Crippen LogP) is -3.70. The summed E-state index contributed by atoms with van der Waals surface area (Å²) in [6, 6.07) is 8.80. The van der Waals surface area contributed by atoms with Crippen LogP contribution in [0, 0.1) is 6.92 Å². The third kappa shape index (κ3) is 4.95. The lowest BCUT2D eigenvalue weighted by atomic mass is 10.1. The summed E-state index contributed by atoms with van der Waals surface area (Å²) < 4.78 is 4.03. The minimum absolute atomic E-state index is 0. The standard InChI is InChI=1S/C20H27N5O3.ClH/c1-13-5-7-15(8-6-13)9-14(2)21-10-16(26)11-25-12-22-18-17(25)19(27)24(4)20(28)23(18)3;/h5-8,12,14,16,21,26H,9-11H2,1-4H3;1H. The Morgan fingerprint density at radius 1 is 1.14 bits per heavy atom. The molecule has 158 valence electrons. The van der Waals surface area contributed by atoms with Crippen molar-refractivity contribution in [3.63, 3.8) is 0 Å². The number of aromatic nitrogens is 4. The lowest BCUT2D eigenvalue weighted by Crippen LogP contribution is -3.00. The van der Waals surface area contributed by atoms with Gasteiger partial charge in [-0.25, -0.2) is 9.78 Å². The predicted molar refractivity (Wildman–Crippen MR) is 107 cm³/mol. The second-order valence-electron chi connectivity index (χ2n) is 7.57. The highest BCUT2D eigenvalue weighted by Crippen LogP contribution is 2.07. The zero-order chi connectivity index (χ0) is 20.4. The van der Waals surface area contributed by atoms with Gasteiger partial charge in [0.15, 0.2) is 11.2 Å². The van der Waals surface area contributed by atoms with Crippen molar-refractivity contribution < 1.29 is 22.8 Å². The first-order valence-electron chi connectivity index (χ1n) is 9.45. The number of aliphatic hydroxyl groups excluding tert-OH is 1. The number of nitrogens with zero attached hydrogens (tertiary/aromatic N) is 4. The number of imidazole rings is 1. The van der Waals surface area contributed by atoms with Gasteiger partial charge in [0.05, 0.1) is 18.9 Å². The number of hydrogen-bond acceptors (Lipinski definition) is 4. The van der Waals surface area contributed by atoms with Gasteiger partial charge in [-0.3, -0.25) is 13.9 Å². The van der Waals surface area contributed by atoms with E-state index in [4.69, 9.17) is 0 Å². The van der Waals surface area contributed by atoms with Gasteiger partial charge in [-0.15, -0.1) is 0 Å². The van der Waals surface area contributed by atoms with Crippen LogP contribution in [-0.4, -0.2) is 42.5 Å². The monoisotopic (exact) mass is 421 g/mol. The van der Waals surface area contributed by atoms with Gasteiger partial charge in [-0.05, 0) is 19.4 Å². The molecule has 2 heterocycles. The number of hydrogen-bond donors (Lipinski definition) is 2. The van der Waals surface area contributed by atoms with E-state index in [2.05, 4.69) is 48.4 Å². The lowest BCUT2D eigenvalue weighted by molar-refractivity contribution is -0.691. The molecule has 0 aliphatic rings. The van der Waals surface area contributed by atoms with Crippen molar-refractivity contribution in [1.82, 2.24) is 18.7 Å². The van der Waals surface area contributed by atoms with E-state index in [-0.39, 0.29) is 19.0 Å². The summed E-state index contributed by atoms with van der Waals surface area (Å²) in [6.45, 7) is 4.96. The van der Waals surface area contributed by atoms with Crippen LogP contribution in [0.4, 0.5) is 0 Å². The maximum absolute atomic E-state index is 12.5. The van der Waals surface area contributed by atoms with Crippen molar-refractivity contribution in [2.45, 2.75) is 39.0 Å². The average Bonchev–Trinajstić information content (AvgIpc) is 3.08. The summed E-state index contributed by atoms with van der Waals surface area (Å²) in [5.74, 6) is 0. The summed E-state index contributed by atoms with van der Waals surface area (Å²) in [6.07, 6.45) is 1.79. The van der Waals surface area contributed by atoms with Gasteiger partial charge in [-0.2, -0.15) is 0 Å². The van der Waals surface area contributed by atoms with Gasteiger partial charge in [-0.1, -0.05) is 29.8 Å². The van der Waals surface area contributed by atoms with Gasteiger partial charge < -0.3 is 27.4 Å². The Morgan fingerprint density at radius 2 is 1.79 bits per heavy atom. The van der Waals surface area contributed by atoms with Crippen LogP contribution in [0.15, 0.2) is 40.2 Å². The summed E-state index contributed by atoms with van der Waals surface area (Å²) in [7, 11) is 3.02. The summed E-state index contributed by atoms with van der Waals surface area (Å²) in [4.78, 5) is 28.6. The third-order valence-corrected chi connectivity index (χ3v) is 5.11. The first-order valence-corrected chi connectivity index (χ1v) is 9.45. The van der Waals surface area contributed by atoms with E-state index in [1.165, 1.54) is 29.1 Å². The molecule has 0 bridgehead atoms. The molecule has 0 radical (unpaired) electrons. The van der Waals surface area contributed by atoms with E-state index < -0.39 is 17.4 Å². The molecule has 3 N–H and O–H groups in total. The van der Waals surface area contributed by atoms with Crippen molar-refractivity contribution >= 4 is 11.2 Å². The zero-order valence-corrected chi connectivity index (χ0v) is 17.9. The van der Waals surface area contributed by atoms with Crippen LogP contribution in [0.1, 0.15) is 18.1 Å². The Bertz CT molecular complexity index is 1080. The minimum atomic E-state index is -0.639. The Balaban J connectivity index is 0.00000300. The molecule has 0 aliphatic heterocycles. The molecule has 29 heavy (non-hydrogen) atoms. The van der Waals surface area contributed by atoms with Gasteiger partial charge in [0.2, 0.25) is 0 Å². The van der Waals surface area contributed by atoms with Crippen molar-refractivity contribution in [1.29, 1.82) is 0 Å². The van der Waals surface area contributed by atoms with Crippen molar-refractivity contribution in [3.05, 3.63) is 62.6 Å². The molecule has 0 saturated heterocycles. The van der Waals surface area contributed by atoms with E-state index in [1.807, 2.05) is 0 Å². The number of benzene rings is 1. The molecule has 3 rings (SSSR count). The summed E-state index contributed by atoms with van der Waals surface area (Å²) in [5.41, 5.74) is 2.36. The fraction of sp³-hybridized carbons (Fsp3) is 0.450.